The zero-order chi connectivity index (χ0) is 26.3. The van der Waals surface area contributed by atoms with Gasteiger partial charge in [0.2, 0.25) is 11.5 Å². The third-order valence-electron chi connectivity index (χ3n) is 6.86. The number of benzene rings is 3. The molecule has 0 saturated carbocycles. The molecule has 1 atom stereocenters. The molecule has 0 radical (unpaired) electrons. The average molecular weight is 503 g/mol. The maximum Gasteiger partial charge on any atom is 0.290 e. The molecule has 8 nitrogen and oxygen atoms in total. The Morgan fingerprint density at radius 1 is 0.919 bits per heavy atom. The van der Waals surface area contributed by atoms with E-state index in [0.717, 1.165) is 23.7 Å². The first kappa shape index (κ1) is 24.6. The third-order valence-corrected chi connectivity index (χ3v) is 6.86. The first-order valence-corrected chi connectivity index (χ1v) is 12.1. The number of carbonyl (C=O) groups is 1. The maximum absolute atomic E-state index is 14.0. The van der Waals surface area contributed by atoms with Crippen molar-refractivity contribution in [3.63, 3.8) is 0 Å². The van der Waals surface area contributed by atoms with E-state index in [1.165, 1.54) is 21.3 Å². The number of nitrogens with zero attached hydrogens (tertiary/aromatic N) is 2. The minimum Gasteiger partial charge on any atom is -0.493 e. The first-order valence-electron chi connectivity index (χ1n) is 12.1. The molecule has 3 aromatic carbocycles. The lowest BCUT2D eigenvalue weighted by atomic mass is 9.96. The van der Waals surface area contributed by atoms with E-state index < -0.39 is 6.04 Å². The Morgan fingerprint density at radius 2 is 1.62 bits per heavy atom. The van der Waals surface area contributed by atoms with Crippen LogP contribution >= 0.6 is 0 Å². The van der Waals surface area contributed by atoms with Crippen LogP contribution in [-0.2, 0) is 0 Å². The Hall–Kier alpha value is -4.04. The van der Waals surface area contributed by atoms with Crippen LogP contribution in [0, 0.1) is 0 Å². The molecule has 8 heteroatoms. The highest BCUT2D eigenvalue weighted by molar-refractivity contribution is 6.06. The van der Waals surface area contributed by atoms with Crippen LogP contribution in [0.4, 0.5) is 0 Å². The smallest absolute Gasteiger partial charge is 0.290 e. The molecule has 0 aliphatic carbocycles. The van der Waals surface area contributed by atoms with E-state index in [1.807, 2.05) is 44.4 Å². The first-order chi connectivity index (χ1) is 17.9. The number of amides is 1. The summed E-state index contributed by atoms with van der Waals surface area (Å²) < 4.78 is 22.9. The molecular weight excluding hydrogens is 472 g/mol. The van der Waals surface area contributed by atoms with Crippen molar-refractivity contribution < 1.29 is 23.4 Å². The molecule has 1 aromatic heterocycles. The zero-order valence-corrected chi connectivity index (χ0v) is 21.7. The lowest BCUT2D eigenvalue weighted by Gasteiger charge is -2.27. The van der Waals surface area contributed by atoms with Crippen molar-refractivity contribution in [2.45, 2.75) is 12.5 Å². The molecular formula is C29H30N2O6. The Kier molecular flexibility index (Phi) is 6.52. The lowest BCUT2D eigenvalue weighted by Crippen LogP contribution is -2.32. The van der Waals surface area contributed by atoms with Crippen molar-refractivity contribution in [1.82, 2.24) is 9.80 Å². The van der Waals surface area contributed by atoms with Gasteiger partial charge in [0.05, 0.1) is 38.3 Å². The van der Waals surface area contributed by atoms with Crippen LogP contribution in [0.25, 0.3) is 21.7 Å². The summed E-state index contributed by atoms with van der Waals surface area (Å²) in [4.78, 5) is 31.6. The second kappa shape index (κ2) is 9.78. The van der Waals surface area contributed by atoms with E-state index in [9.17, 15) is 9.59 Å². The fourth-order valence-electron chi connectivity index (χ4n) is 5.14. The van der Waals surface area contributed by atoms with Gasteiger partial charge in [0.25, 0.3) is 5.91 Å². The van der Waals surface area contributed by atoms with Crippen LogP contribution in [0.5, 0.6) is 17.2 Å². The minimum absolute atomic E-state index is 0.0810. The van der Waals surface area contributed by atoms with Crippen molar-refractivity contribution in [2.75, 3.05) is 48.5 Å². The van der Waals surface area contributed by atoms with Crippen LogP contribution in [-0.4, -0.2) is 64.2 Å². The van der Waals surface area contributed by atoms with Crippen molar-refractivity contribution in [3.8, 4) is 17.2 Å². The highest BCUT2D eigenvalue weighted by Gasteiger charge is 2.43. The summed E-state index contributed by atoms with van der Waals surface area (Å²) >= 11 is 0. The number of hydrogen-bond donors (Lipinski definition) is 0. The number of methoxy groups -OCH3 is 3. The minimum atomic E-state index is -0.662. The van der Waals surface area contributed by atoms with Gasteiger partial charge in [-0.1, -0.05) is 30.3 Å². The van der Waals surface area contributed by atoms with Crippen molar-refractivity contribution >= 4 is 27.6 Å². The van der Waals surface area contributed by atoms with Gasteiger partial charge in [0, 0.05) is 11.9 Å². The second-order valence-electron chi connectivity index (χ2n) is 9.35. The Balaban J connectivity index is 1.76. The summed E-state index contributed by atoms with van der Waals surface area (Å²) in [5.41, 5.74) is 1.21. The maximum atomic E-state index is 14.0. The van der Waals surface area contributed by atoms with E-state index >= 15 is 0 Å². The van der Waals surface area contributed by atoms with Gasteiger partial charge in [-0.2, -0.15) is 0 Å². The van der Waals surface area contributed by atoms with Gasteiger partial charge in [0.15, 0.2) is 16.9 Å². The molecule has 0 fully saturated rings. The van der Waals surface area contributed by atoms with Gasteiger partial charge in [-0.15, -0.1) is 0 Å². The fourth-order valence-corrected chi connectivity index (χ4v) is 5.14. The summed E-state index contributed by atoms with van der Waals surface area (Å²) in [7, 11) is 8.58. The highest BCUT2D eigenvalue weighted by Crippen LogP contribution is 2.45. The lowest BCUT2D eigenvalue weighted by molar-refractivity contribution is 0.0722. The monoisotopic (exact) mass is 502 g/mol. The van der Waals surface area contributed by atoms with E-state index in [1.54, 1.807) is 23.1 Å². The molecule has 1 aliphatic rings. The predicted molar refractivity (Wildman–Crippen MR) is 142 cm³/mol. The molecule has 0 spiro atoms. The quantitative estimate of drug-likeness (QED) is 0.329. The molecule has 1 unspecified atom stereocenters. The van der Waals surface area contributed by atoms with Crippen molar-refractivity contribution in [1.29, 1.82) is 0 Å². The number of carbonyl (C=O) groups excluding carboxylic acids is 1. The molecule has 0 saturated heterocycles. The van der Waals surface area contributed by atoms with Gasteiger partial charge in [-0.3, -0.25) is 9.59 Å². The van der Waals surface area contributed by atoms with Crippen molar-refractivity contribution in [3.05, 3.63) is 75.6 Å². The van der Waals surface area contributed by atoms with Gasteiger partial charge < -0.3 is 28.4 Å². The van der Waals surface area contributed by atoms with E-state index in [2.05, 4.69) is 4.90 Å². The molecule has 0 bridgehead atoms. The van der Waals surface area contributed by atoms with Crippen LogP contribution in [0.3, 0.4) is 0 Å². The number of ether oxygens (including phenoxy) is 3. The SMILES string of the molecule is COc1cc(C2c3c(oc4c(ccc5ccccc54)c3=O)C(=O)N2CCCN(C)C)cc(OC)c1OC. The second-order valence-corrected chi connectivity index (χ2v) is 9.35. The molecule has 0 N–H and O–H groups in total. The zero-order valence-electron chi connectivity index (χ0n) is 21.7. The normalized spacial score (nSPS) is 15.0. The summed E-state index contributed by atoms with van der Waals surface area (Å²) in [5, 5.41) is 2.17. The van der Waals surface area contributed by atoms with Crippen LogP contribution in [0.1, 0.15) is 34.1 Å². The van der Waals surface area contributed by atoms with E-state index in [-0.39, 0.29) is 17.1 Å². The van der Waals surface area contributed by atoms with Crippen LogP contribution in [0.15, 0.2) is 57.7 Å². The number of hydrogen-bond acceptors (Lipinski definition) is 7. The Morgan fingerprint density at radius 3 is 2.27 bits per heavy atom. The summed E-state index contributed by atoms with van der Waals surface area (Å²) in [6.45, 7) is 1.23. The van der Waals surface area contributed by atoms with Gasteiger partial charge >= 0.3 is 0 Å². The van der Waals surface area contributed by atoms with E-state index in [0.29, 0.717) is 45.9 Å². The van der Waals surface area contributed by atoms with Crippen LogP contribution < -0.4 is 19.6 Å². The largest absolute Gasteiger partial charge is 0.493 e. The summed E-state index contributed by atoms with van der Waals surface area (Å²) in [5.74, 6) is 1.11. The van der Waals surface area contributed by atoms with Gasteiger partial charge in [0.1, 0.15) is 5.58 Å². The van der Waals surface area contributed by atoms with Gasteiger partial charge in [-0.05, 0) is 56.2 Å². The molecule has 5 rings (SSSR count). The topological polar surface area (TPSA) is 81.5 Å². The van der Waals surface area contributed by atoms with Gasteiger partial charge in [-0.25, -0.2) is 0 Å². The molecule has 37 heavy (non-hydrogen) atoms. The van der Waals surface area contributed by atoms with Crippen LogP contribution in [0.2, 0.25) is 0 Å². The number of rotatable bonds is 8. The number of fused-ring (bicyclic) bond motifs is 4. The summed E-state index contributed by atoms with van der Waals surface area (Å²) in [6, 6.07) is 14.3. The predicted octanol–water partition coefficient (Wildman–Crippen LogP) is 4.47. The molecule has 4 aromatic rings. The van der Waals surface area contributed by atoms with Crippen molar-refractivity contribution in [2.24, 2.45) is 0 Å². The Labute approximate surface area is 214 Å². The molecule has 1 aliphatic heterocycles. The molecule has 1 amide bonds. The summed E-state index contributed by atoms with van der Waals surface area (Å²) in [6.07, 6.45) is 0.726. The Bertz CT molecular complexity index is 1530. The fraction of sp³-hybridized carbons (Fsp3) is 0.310. The van der Waals surface area contributed by atoms with E-state index in [4.69, 9.17) is 18.6 Å². The average Bonchev–Trinajstić information content (AvgIpc) is 3.19. The standard InChI is InChI=1S/C29H30N2O6/c1-30(2)13-8-14-31-24(18-15-21(34-3)27(36-5)22(16-18)35-4)23-25(32)20-12-11-17-9-6-7-10-19(17)26(20)37-28(23)29(31)33/h6-7,9-12,15-16,24H,8,13-14H2,1-5H3. The highest BCUT2D eigenvalue weighted by atomic mass is 16.5. The molecule has 192 valence electrons. The third kappa shape index (κ3) is 4.07. The molecule has 2 heterocycles.